The second kappa shape index (κ2) is 5.38. The Labute approximate surface area is 127 Å². The second-order valence-electron chi connectivity index (χ2n) is 5.36. The van der Waals surface area contributed by atoms with Crippen molar-refractivity contribution >= 4 is 11.6 Å². The minimum Gasteiger partial charge on any atom is -0.492 e. The van der Waals surface area contributed by atoms with Crippen LogP contribution in [0.4, 0.5) is 4.39 Å². The Balaban J connectivity index is 1.93. The predicted octanol–water partition coefficient (Wildman–Crippen LogP) is 4.17. The molecule has 106 valence electrons. The smallest absolute Gasteiger partial charge is 0.145 e. The fourth-order valence-corrected chi connectivity index (χ4v) is 2.89. The summed E-state index contributed by atoms with van der Waals surface area (Å²) in [6.07, 6.45) is 0.829. The van der Waals surface area contributed by atoms with Crippen molar-refractivity contribution in [1.29, 1.82) is 5.26 Å². The monoisotopic (exact) mass is 301 g/mol. The number of hydrogen-bond donors (Lipinski definition) is 0. The Morgan fingerprint density at radius 1 is 1.24 bits per heavy atom. The first-order valence-electron chi connectivity index (χ1n) is 6.68. The van der Waals surface area contributed by atoms with Crippen LogP contribution in [0, 0.1) is 22.6 Å². The van der Waals surface area contributed by atoms with E-state index in [2.05, 4.69) is 6.07 Å². The van der Waals surface area contributed by atoms with Gasteiger partial charge in [-0.15, -0.1) is 0 Å². The number of fused-ring (bicyclic) bond motifs is 1. The fourth-order valence-electron chi connectivity index (χ4n) is 2.70. The molecule has 2 aromatic carbocycles. The molecule has 0 saturated heterocycles. The molecule has 2 nitrogen and oxygen atoms in total. The zero-order valence-corrected chi connectivity index (χ0v) is 12.0. The summed E-state index contributed by atoms with van der Waals surface area (Å²) in [5.74, 6) is 0.350. The number of nitrogens with zero attached hydrogens (tertiary/aromatic N) is 1. The lowest BCUT2D eigenvalue weighted by atomic mass is 9.77. The molecular weight excluding hydrogens is 289 g/mol. The van der Waals surface area contributed by atoms with E-state index in [1.807, 2.05) is 24.3 Å². The normalized spacial score (nSPS) is 20.2. The van der Waals surface area contributed by atoms with Crippen LogP contribution in [-0.2, 0) is 12.8 Å². The number of nitriles is 1. The average Bonchev–Trinajstić information content (AvgIpc) is 2.52. The van der Waals surface area contributed by atoms with Crippen molar-refractivity contribution in [3.8, 4) is 11.8 Å². The van der Waals surface area contributed by atoms with Crippen molar-refractivity contribution in [1.82, 2.24) is 0 Å². The Kier molecular flexibility index (Phi) is 3.57. The Bertz CT molecular complexity index is 725. The summed E-state index contributed by atoms with van der Waals surface area (Å²) in [4.78, 5) is 0. The van der Waals surface area contributed by atoms with E-state index in [0.717, 1.165) is 11.3 Å². The summed E-state index contributed by atoms with van der Waals surface area (Å²) >= 11 is 5.81. The maximum absolute atomic E-state index is 14.1. The molecule has 1 aliphatic heterocycles. The van der Waals surface area contributed by atoms with Crippen molar-refractivity contribution in [2.24, 2.45) is 5.41 Å². The Morgan fingerprint density at radius 2 is 2.05 bits per heavy atom. The average molecular weight is 302 g/mol. The van der Waals surface area contributed by atoms with Gasteiger partial charge in [0.15, 0.2) is 0 Å². The van der Waals surface area contributed by atoms with Crippen LogP contribution in [0.5, 0.6) is 5.75 Å². The van der Waals surface area contributed by atoms with Crippen molar-refractivity contribution in [3.63, 3.8) is 0 Å². The molecule has 0 bridgehead atoms. The summed E-state index contributed by atoms with van der Waals surface area (Å²) in [5.41, 5.74) is 0.666. The molecule has 0 amide bonds. The number of halogens is 2. The van der Waals surface area contributed by atoms with Crippen LogP contribution in [0.3, 0.4) is 0 Å². The number of rotatable bonds is 2. The third-order valence-electron chi connectivity index (χ3n) is 3.80. The van der Waals surface area contributed by atoms with E-state index in [1.54, 1.807) is 12.1 Å². The Hall–Kier alpha value is -2.05. The van der Waals surface area contributed by atoms with Crippen molar-refractivity contribution in [2.45, 2.75) is 12.8 Å². The van der Waals surface area contributed by atoms with Gasteiger partial charge in [0.25, 0.3) is 0 Å². The van der Waals surface area contributed by atoms with Crippen molar-refractivity contribution < 1.29 is 9.13 Å². The first-order valence-corrected chi connectivity index (χ1v) is 7.06. The lowest BCUT2D eigenvalue weighted by Crippen LogP contribution is -2.35. The molecule has 4 heteroatoms. The van der Waals surface area contributed by atoms with E-state index < -0.39 is 11.2 Å². The van der Waals surface area contributed by atoms with E-state index in [9.17, 15) is 9.65 Å². The summed E-state index contributed by atoms with van der Waals surface area (Å²) in [6.45, 7) is 0.256. The quantitative estimate of drug-likeness (QED) is 0.834. The standard InChI is InChI=1S/C17H13ClFNO/c18-14-6-3-5-13(16(14)19)9-17(10-20)8-12-4-1-2-7-15(12)21-11-17/h1-7H,8-9,11H2. The molecule has 0 radical (unpaired) electrons. The zero-order chi connectivity index (χ0) is 14.9. The Morgan fingerprint density at radius 3 is 2.86 bits per heavy atom. The molecule has 21 heavy (non-hydrogen) atoms. The van der Waals surface area contributed by atoms with Crippen LogP contribution in [0.25, 0.3) is 0 Å². The highest BCUT2D eigenvalue weighted by atomic mass is 35.5. The molecule has 1 atom stereocenters. The lowest BCUT2D eigenvalue weighted by Gasteiger charge is -2.32. The summed E-state index contributed by atoms with van der Waals surface area (Å²) in [7, 11) is 0. The molecular formula is C17H13ClFNO. The summed E-state index contributed by atoms with van der Waals surface area (Å²) in [6, 6.07) is 14.8. The van der Waals surface area contributed by atoms with E-state index in [4.69, 9.17) is 16.3 Å². The molecule has 1 aliphatic rings. The highest BCUT2D eigenvalue weighted by Gasteiger charge is 2.37. The molecule has 1 heterocycles. The molecule has 1 unspecified atom stereocenters. The zero-order valence-electron chi connectivity index (χ0n) is 11.3. The van der Waals surface area contributed by atoms with Crippen LogP contribution in [0.1, 0.15) is 11.1 Å². The highest BCUT2D eigenvalue weighted by Crippen LogP contribution is 2.37. The maximum atomic E-state index is 14.1. The van der Waals surface area contributed by atoms with Crippen LogP contribution in [0.15, 0.2) is 42.5 Å². The van der Waals surface area contributed by atoms with Gasteiger partial charge in [-0.25, -0.2) is 4.39 Å². The van der Waals surface area contributed by atoms with Gasteiger partial charge in [0.2, 0.25) is 0 Å². The fraction of sp³-hybridized carbons (Fsp3) is 0.235. The number of benzene rings is 2. The summed E-state index contributed by atoms with van der Waals surface area (Å²) < 4.78 is 19.8. The molecule has 0 spiro atoms. The highest BCUT2D eigenvalue weighted by molar-refractivity contribution is 6.30. The number of para-hydroxylation sites is 1. The van der Waals surface area contributed by atoms with Gasteiger partial charge in [0.05, 0.1) is 16.5 Å². The molecule has 0 N–H and O–H groups in total. The van der Waals surface area contributed by atoms with Gasteiger partial charge in [0, 0.05) is 0 Å². The number of hydrogen-bond acceptors (Lipinski definition) is 2. The minimum absolute atomic E-state index is 0.0812. The third-order valence-corrected chi connectivity index (χ3v) is 4.09. The maximum Gasteiger partial charge on any atom is 0.145 e. The van der Waals surface area contributed by atoms with Gasteiger partial charge < -0.3 is 4.74 Å². The topological polar surface area (TPSA) is 33.0 Å². The van der Waals surface area contributed by atoms with Crippen LogP contribution in [-0.4, -0.2) is 6.61 Å². The van der Waals surface area contributed by atoms with Gasteiger partial charge in [-0.2, -0.15) is 5.26 Å². The van der Waals surface area contributed by atoms with E-state index in [-0.39, 0.29) is 18.1 Å². The molecule has 2 aromatic rings. The first kappa shape index (κ1) is 13.9. The van der Waals surface area contributed by atoms with E-state index in [1.165, 1.54) is 6.07 Å². The van der Waals surface area contributed by atoms with Crippen LogP contribution < -0.4 is 4.74 Å². The number of ether oxygens (including phenoxy) is 1. The lowest BCUT2D eigenvalue weighted by molar-refractivity contribution is 0.168. The molecule has 0 saturated carbocycles. The van der Waals surface area contributed by atoms with Crippen molar-refractivity contribution in [2.75, 3.05) is 6.61 Å². The van der Waals surface area contributed by atoms with Gasteiger partial charge in [-0.05, 0) is 36.1 Å². The predicted molar refractivity (Wildman–Crippen MR) is 78.8 cm³/mol. The molecule has 0 aliphatic carbocycles. The van der Waals surface area contributed by atoms with E-state index >= 15 is 0 Å². The van der Waals surface area contributed by atoms with E-state index in [0.29, 0.717) is 12.0 Å². The van der Waals surface area contributed by atoms with Crippen LogP contribution in [0.2, 0.25) is 5.02 Å². The summed E-state index contributed by atoms with van der Waals surface area (Å²) in [5, 5.41) is 9.68. The van der Waals surface area contributed by atoms with Gasteiger partial charge >= 0.3 is 0 Å². The van der Waals surface area contributed by atoms with Gasteiger partial charge in [0.1, 0.15) is 18.2 Å². The van der Waals surface area contributed by atoms with Gasteiger partial charge in [-0.3, -0.25) is 0 Å². The largest absolute Gasteiger partial charge is 0.492 e. The van der Waals surface area contributed by atoms with Gasteiger partial charge in [-0.1, -0.05) is 41.9 Å². The van der Waals surface area contributed by atoms with Crippen LogP contribution >= 0.6 is 11.6 Å². The molecule has 0 aromatic heterocycles. The third kappa shape index (κ3) is 2.59. The van der Waals surface area contributed by atoms with Crippen molar-refractivity contribution in [3.05, 3.63) is 64.4 Å². The molecule has 0 fully saturated rings. The minimum atomic E-state index is -0.764. The molecule has 3 rings (SSSR count). The SMILES string of the molecule is N#CC1(Cc2cccc(Cl)c2F)COc2ccccc2C1. The first-order chi connectivity index (χ1) is 10.1. The second-order valence-corrected chi connectivity index (χ2v) is 5.76.